The van der Waals surface area contributed by atoms with Gasteiger partial charge in [-0.1, -0.05) is 59.6 Å². The lowest BCUT2D eigenvalue weighted by Crippen LogP contribution is -2.41. The van der Waals surface area contributed by atoms with Crippen LogP contribution in [0.3, 0.4) is 0 Å². The summed E-state index contributed by atoms with van der Waals surface area (Å²) in [4.78, 5) is 27.5. The van der Waals surface area contributed by atoms with E-state index in [1.165, 1.54) is 0 Å². The first-order chi connectivity index (χ1) is 14.0. The molecule has 1 aliphatic rings. The Morgan fingerprint density at radius 1 is 0.931 bits per heavy atom. The van der Waals surface area contributed by atoms with Gasteiger partial charge in [-0.25, -0.2) is 0 Å². The predicted molar refractivity (Wildman–Crippen MR) is 118 cm³/mol. The monoisotopic (exact) mass is 426 g/mol. The Hall–Kier alpha value is -2.56. The van der Waals surface area contributed by atoms with Gasteiger partial charge in [-0.3, -0.25) is 9.59 Å². The second-order valence-corrected chi connectivity index (χ2v) is 8.05. The maximum Gasteiger partial charge on any atom is 0.254 e. The Balaban J connectivity index is 1.41. The minimum atomic E-state index is -0.154. The second-order valence-electron chi connectivity index (χ2n) is 7.21. The summed E-state index contributed by atoms with van der Waals surface area (Å²) in [5.74, 6) is -0.216. The van der Waals surface area contributed by atoms with Crippen LogP contribution in [-0.2, 0) is 4.79 Å². The van der Waals surface area contributed by atoms with Crippen LogP contribution in [-0.4, -0.2) is 29.8 Å². The van der Waals surface area contributed by atoms with E-state index in [9.17, 15) is 9.59 Å². The molecule has 0 aromatic heterocycles. The Kier molecular flexibility index (Phi) is 5.74. The van der Waals surface area contributed by atoms with Gasteiger partial charge in [0.25, 0.3) is 5.91 Å². The van der Waals surface area contributed by atoms with E-state index in [2.05, 4.69) is 5.32 Å². The zero-order chi connectivity index (χ0) is 20.4. The molecule has 0 bridgehead atoms. The highest BCUT2D eigenvalue weighted by molar-refractivity contribution is 6.36. The molecule has 0 aliphatic carbocycles. The fourth-order valence-corrected chi connectivity index (χ4v) is 4.21. The van der Waals surface area contributed by atoms with Crippen LogP contribution in [0.15, 0.2) is 60.7 Å². The molecule has 4 rings (SSSR count). The number of nitrogens with one attached hydrogen (secondary N) is 1. The van der Waals surface area contributed by atoms with Gasteiger partial charge in [0.15, 0.2) is 0 Å². The van der Waals surface area contributed by atoms with E-state index in [-0.39, 0.29) is 17.7 Å². The van der Waals surface area contributed by atoms with Crippen molar-refractivity contribution in [1.82, 2.24) is 4.90 Å². The molecule has 6 heteroatoms. The van der Waals surface area contributed by atoms with Gasteiger partial charge in [0, 0.05) is 29.6 Å². The molecule has 148 valence electrons. The van der Waals surface area contributed by atoms with Crippen LogP contribution in [0.5, 0.6) is 0 Å². The van der Waals surface area contributed by atoms with E-state index >= 15 is 0 Å². The standard InChI is InChI=1S/C23H20Cl2N2O2/c24-17-8-9-21(20(25)14-17)26-22(28)16-10-12-27(13-11-16)23(29)19-7-3-5-15-4-1-2-6-18(15)19/h1-9,14,16H,10-13H2,(H,26,28). The van der Waals surface area contributed by atoms with Crippen molar-refractivity contribution in [2.24, 2.45) is 5.92 Å². The number of fused-ring (bicyclic) bond motifs is 1. The van der Waals surface area contributed by atoms with Gasteiger partial charge in [0.05, 0.1) is 10.7 Å². The van der Waals surface area contributed by atoms with Crippen molar-refractivity contribution in [2.45, 2.75) is 12.8 Å². The van der Waals surface area contributed by atoms with Gasteiger partial charge in [-0.15, -0.1) is 0 Å². The Labute approximate surface area is 179 Å². The van der Waals surface area contributed by atoms with E-state index in [1.807, 2.05) is 47.4 Å². The van der Waals surface area contributed by atoms with Crippen molar-refractivity contribution < 1.29 is 9.59 Å². The fraction of sp³-hybridized carbons (Fsp3) is 0.217. The number of piperidine rings is 1. The first-order valence-corrected chi connectivity index (χ1v) is 10.3. The van der Waals surface area contributed by atoms with Gasteiger partial charge in [0.2, 0.25) is 5.91 Å². The summed E-state index contributed by atoms with van der Waals surface area (Å²) in [5, 5.41) is 5.81. The number of likely N-dealkylation sites (tertiary alicyclic amines) is 1. The minimum absolute atomic E-state index is 0.0152. The number of hydrogen-bond acceptors (Lipinski definition) is 2. The summed E-state index contributed by atoms with van der Waals surface area (Å²) in [6.45, 7) is 1.10. The number of nitrogens with zero attached hydrogens (tertiary/aromatic N) is 1. The van der Waals surface area contributed by atoms with Crippen LogP contribution in [0, 0.1) is 5.92 Å². The number of hydrogen-bond donors (Lipinski definition) is 1. The zero-order valence-electron chi connectivity index (χ0n) is 15.7. The summed E-state index contributed by atoms with van der Waals surface area (Å²) in [7, 11) is 0. The van der Waals surface area contributed by atoms with Crippen molar-refractivity contribution in [1.29, 1.82) is 0 Å². The lowest BCUT2D eigenvalue weighted by atomic mass is 9.94. The zero-order valence-corrected chi connectivity index (χ0v) is 17.2. The molecule has 29 heavy (non-hydrogen) atoms. The maximum atomic E-state index is 13.1. The molecule has 0 saturated carbocycles. The smallest absolute Gasteiger partial charge is 0.254 e. The second kappa shape index (κ2) is 8.44. The Bertz CT molecular complexity index is 1070. The molecule has 1 heterocycles. The third kappa shape index (κ3) is 4.24. The van der Waals surface area contributed by atoms with Gasteiger partial charge >= 0.3 is 0 Å². The summed E-state index contributed by atoms with van der Waals surface area (Å²) in [6, 6.07) is 18.6. The molecule has 0 spiro atoms. The summed E-state index contributed by atoms with van der Waals surface area (Å²) in [6.07, 6.45) is 1.24. The highest BCUT2D eigenvalue weighted by atomic mass is 35.5. The lowest BCUT2D eigenvalue weighted by molar-refractivity contribution is -0.121. The predicted octanol–water partition coefficient (Wildman–Crippen LogP) is 5.64. The van der Waals surface area contributed by atoms with Crippen LogP contribution >= 0.6 is 23.2 Å². The van der Waals surface area contributed by atoms with Crippen LogP contribution in [0.4, 0.5) is 5.69 Å². The van der Waals surface area contributed by atoms with E-state index in [0.717, 1.165) is 10.8 Å². The molecule has 1 N–H and O–H groups in total. The number of anilines is 1. The number of carbonyl (C=O) groups is 2. The molecule has 0 atom stereocenters. The van der Waals surface area contributed by atoms with Crippen molar-refractivity contribution in [3.05, 3.63) is 76.3 Å². The Morgan fingerprint density at radius 3 is 2.41 bits per heavy atom. The van der Waals surface area contributed by atoms with Crippen molar-refractivity contribution >= 4 is 51.5 Å². The lowest BCUT2D eigenvalue weighted by Gasteiger charge is -2.31. The molecule has 0 unspecified atom stereocenters. The van der Waals surface area contributed by atoms with E-state index in [0.29, 0.717) is 47.2 Å². The molecule has 2 amide bonds. The number of carbonyl (C=O) groups excluding carboxylic acids is 2. The van der Waals surface area contributed by atoms with Crippen LogP contribution in [0.1, 0.15) is 23.2 Å². The van der Waals surface area contributed by atoms with Crippen molar-refractivity contribution in [3.8, 4) is 0 Å². The molecule has 0 radical (unpaired) electrons. The van der Waals surface area contributed by atoms with Gasteiger partial charge in [-0.2, -0.15) is 0 Å². The maximum absolute atomic E-state index is 13.1. The average molecular weight is 427 g/mol. The minimum Gasteiger partial charge on any atom is -0.339 e. The van der Waals surface area contributed by atoms with E-state index in [4.69, 9.17) is 23.2 Å². The first kappa shape index (κ1) is 19.7. The number of rotatable bonds is 3. The molecule has 3 aromatic carbocycles. The summed E-state index contributed by atoms with van der Waals surface area (Å²) in [5.41, 5.74) is 1.26. The molecule has 1 saturated heterocycles. The highest BCUT2D eigenvalue weighted by Gasteiger charge is 2.28. The van der Waals surface area contributed by atoms with Gasteiger partial charge in [-0.05, 0) is 47.9 Å². The molecule has 1 fully saturated rings. The average Bonchev–Trinajstić information content (AvgIpc) is 2.75. The molecule has 4 nitrogen and oxygen atoms in total. The van der Waals surface area contributed by atoms with Crippen molar-refractivity contribution in [2.75, 3.05) is 18.4 Å². The third-order valence-corrected chi connectivity index (χ3v) is 5.91. The first-order valence-electron chi connectivity index (χ1n) is 9.56. The van der Waals surface area contributed by atoms with E-state index in [1.54, 1.807) is 18.2 Å². The molecular weight excluding hydrogens is 407 g/mol. The number of halogens is 2. The Morgan fingerprint density at radius 2 is 1.66 bits per heavy atom. The number of amides is 2. The molecular formula is C23H20Cl2N2O2. The van der Waals surface area contributed by atoms with Crippen LogP contribution in [0.25, 0.3) is 10.8 Å². The quantitative estimate of drug-likeness (QED) is 0.588. The van der Waals surface area contributed by atoms with E-state index < -0.39 is 0 Å². The van der Waals surface area contributed by atoms with Crippen LogP contribution in [0.2, 0.25) is 10.0 Å². The van der Waals surface area contributed by atoms with Gasteiger partial charge in [0.1, 0.15) is 0 Å². The highest BCUT2D eigenvalue weighted by Crippen LogP contribution is 2.28. The normalized spacial score (nSPS) is 14.8. The van der Waals surface area contributed by atoms with Crippen molar-refractivity contribution in [3.63, 3.8) is 0 Å². The molecule has 1 aliphatic heterocycles. The third-order valence-electron chi connectivity index (χ3n) is 5.36. The summed E-state index contributed by atoms with van der Waals surface area (Å²) >= 11 is 12.0. The number of benzene rings is 3. The summed E-state index contributed by atoms with van der Waals surface area (Å²) < 4.78 is 0. The fourth-order valence-electron chi connectivity index (χ4n) is 3.75. The van der Waals surface area contributed by atoms with Crippen LogP contribution < -0.4 is 5.32 Å². The largest absolute Gasteiger partial charge is 0.339 e. The van der Waals surface area contributed by atoms with Gasteiger partial charge < -0.3 is 10.2 Å². The molecule has 3 aromatic rings. The SMILES string of the molecule is O=C(Nc1ccc(Cl)cc1Cl)C1CCN(C(=O)c2cccc3ccccc23)CC1. The topological polar surface area (TPSA) is 49.4 Å².